The van der Waals surface area contributed by atoms with Crippen LogP contribution in [0.4, 0.5) is 0 Å². The molecule has 0 spiro atoms. The Morgan fingerprint density at radius 1 is 1.50 bits per heavy atom. The van der Waals surface area contributed by atoms with Crippen molar-refractivity contribution in [3.63, 3.8) is 0 Å². The molecule has 1 fully saturated rings. The first-order valence-corrected chi connectivity index (χ1v) is 6.10. The summed E-state index contributed by atoms with van der Waals surface area (Å²) in [6.45, 7) is 0. The lowest BCUT2D eigenvalue weighted by Crippen LogP contribution is -2.08. The molecule has 0 amide bonds. The molecule has 0 aromatic carbocycles. The quantitative estimate of drug-likeness (QED) is 0.713. The standard InChI is InChI=1S/C13H16N2O3/c1-18-13-9(7-2-3-7)5-10-12(15-13)8(6-14-10)4-11(16)17/h5-7,11,14,16-17H,2-4H2,1H3. The van der Waals surface area contributed by atoms with Crippen molar-refractivity contribution in [2.75, 3.05) is 7.11 Å². The molecular weight excluding hydrogens is 232 g/mol. The first-order chi connectivity index (χ1) is 8.69. The number of nitrogens with one attached hydrogen (secondary N) is 1. The molecule has 0 saturated heterocycles. The summed E-state index contributed by atoms with van der Waals surface area (Å²) < 4.78 is 5.33. The summed E-state index contributed by atoms with van der Waals surface area (Å²) in [7, 11) is 1.62. The fourth-order valence-electron chi connectivity index (χ4n) is 2.30. The zero-order chi connectivity index (χ0) is 12.7. The van der Waals surface area contributed by atoms with Gasteiger partial charge in [-0.25, -0.2) is 4.98 Å². The van der Waals surface area contributed by atoms with Gasteiger partial charge in [-0.15, -0.1) is 0 Å². The number of aliphatic hydroxyl groups is 2. The average Bonchev–Trinajstić information content (AvgIpc) is 3.12. The maximum atomic E-state index is 9.05. The molecule has 18 heavy (non-hydrogen) atoms. The van der Waals surface area contributed by atoms with Crippen molar-refractivity contribution in [3.05, 3.63) is 23.4 Å². The van der Waals surface area contributed by atoms with E-state index < -0.39 is 6.29 Å². The SMILES string of the molecule is COc1nc2c(CC(O)O)c[nH]c2cc1C1CC1. The van der Waals surface area contributed by atoms with Crippen LogP contribution in [-0.2, 0) is 6.42 Å². The van der Waals surface area contributed by atoms with Crippen molar-refractivity contribution in [3.8, 4) is 5.88 Å². The monoisotopic (exact) mass is 248 g/mol. The van der Waals surface area contributed by atoms with Gasteiger partial charge in [0.15, 0.2) is 6.29 Å². The van der Waals surface area contributed by atoms with Crippen molar-refractivity contribution in [2.45, 2.75) is 31.5 Å². The zero-order valence-corrected chi connectivity index (χ0v) is 10.2. The maximum absolute atomic E-state index is 9.05. The molecule has 0 bridgehead atoms. The Bertz CT molecular complexity index is 573. The van der Waals surface area contributed by atoms with Gasteiger partial charge in [0.05, 0.1) is 18.1 Å². The Kier molecular flexibility index (Phi) is 2.72. The summed E-state index contributed by atoms with van der Waals surface area (Å²) in [6, 6.07) is 2.06. The average molecular weight is 248 g/mol. The topological polar surface area (TPSA) is 78.4 Å². The summed E-state index contributed by atoms with van der Waals surface area (Å²) >= 11 is 0. The van der Waals surface area contributed by atoms with Gasteiger partial charge in [0.1, 0.15) is 0 Å². The number of pyridine rings is 1. The molecule has 1 aliphatic rings. The van der Waals surface area contributed by atoms with Crippen molar-refractivity contribution in [1.82, 2.24) is 9.97 Å². The van der Waals surface area contributed by atoms with E-state index in [1.54, 1.807) is 13.3 Å². The van der Waals surface area contributed by atoms with E-state index in [0.29, 0.717) is 11.8 Å². The highest BCUT2D eigenvalue weighted by molar-refractivity contribution is 5.80. The van der Waals surface area contributed by atoms with E-state index in [2.05, 4.69) is 16.0 Å². The molecule has 2 aromatic heterocycles. The second kappa shape index (κ2) is 4.26. The van der Waals surface area contributed by atoms with Gasteiger partial charge < -0.3 is 19.9 Å². The second-order valence-electron chi connectivity index (χ2n) is 4.76. The van der Waals surface area contributed by atoms with Crippen LogP contribution in [0, 0.1) is 0 Å². The van der Waals surface area contributed by atoms with Gasteiger partial charge >= 0.3 is 0 Å². The minimum Gasteiger partial charge on any atom is -0.481 e. The van der Waals surface area contributed by atoms with E-state index in [1.807, 2.05) is 0 Å². The summed E-state index contributed by atoms with van der Waals surface area (Å²) in [4.78, 5) is 7.62. The molecule has 1 saturated carbocycles. The molecule has 2 heterocycles. The van der Waals surface area contributed by atoms with Gasteiger partial charge in [0.25, 0.3) is 0 Å². The highest BCUT2D eigenvalue weighted by Crippen LogP contribution is 2.44. The third kappa shape index (κ3) is 1.95. The minimum absolute atomic E-state index is 0.166. The molecule has 3 N–H and O–H groups in total. The van der Waals surface area contributed by atoms with Crippen LogP contribution in [0.1, 0.15) is 29.9 Å². The molecule has 2 aromatic rings. The largest absolute Gasteiger partial charge is 0.481 e. The number of aliphatic hydroxyl groups excluding tert-OH is 1. The molecule has 0 unspecified atom stereocenters. The van der Waals surface area contributed by atoms with Crippen LogP contribution in [0.5, 0.6) is 5.88 Å². The number of hydrogen-bond acceptors (Lipinski definition) is 4. The Hall–Kier alpha value is -1.59. The first-order valence-electron chi connectivity index (χ1n) is 6.10. The van der Waals surface area contributed by atoms with Crippen LogP contribution < -0.4 is 4.74 Å². The number of nitrogens with zero attached hydrogens (tertiary/aromatic N) is 1. The number of aromatic nitrogens is 2. The lowest BCUT2D eigenvalue weighted by Gasteiger charge is -2.07. The van der Waals surface area contributed by atoms with Gasteiger partial charge in [-0.05, 0) is 24.8 Å². The molecule has 3 rings (SSSR count). The van der Waals surface area contributed by atoms with Crippen LogP contribution >= 0.6 is 0 Å². The third-order valence-electron chi connectivity index (χ3n) is 3.33. The van der Waals surface area contributed by atoms with Crippen LogP contribution in [-0.4, -0.2) is 33.6 Å². The van der Waals surface area contributed by atoms with Gasteiger partial charge in [-0.1, -0.05) is 0 Å². The Balaban J connectivity index is 2.09. The normalized spacial score (nSPS) is 15.6. The highest BCUT2D eigenvalue weighted by atomic mass is 16.5. The molecule has 0 aliphatic heterocycles. The van der Waals surface area contributed by atoms with Gasteiger partial charge in [-0.3, -0.25) is 0 Å². The minimum atomic E-state index is -1.36. The predicted octanol–water partition coefficient (Wildman–Crippen LogP) is 1.30. The van der Waals surface area contributed by atoms with Crippen molar-refractivity contribution < 1.29 is 14.9 Å². The van der Waals surface area contributed by atoms with Gasteiger partial charge in [0, 0.05) is 23.7 Å². The van der Waals surface area contributed by atoms with Crippen LogP contribution in [0.15, 0.2) is 12.3 Å². The Labute approximate surface area is 104 Å². The van der Waals surface area contributed by atoms with Crippen LogP contribution in [0.3, 0.4) is 0 Å². The van der Waals surface area contributed by atoms with Crippen LogP contribution in [0.25, 0.3) is 11.0 Å². The van der Waals surface area contributed by atoms with E-state index in [9.17, 15) is 0 Å². The van der Waals surface area contributed by atoms with Crippen molar-refractivity contribution >= 4 is 11.0 Å². The predicted molar refractivity (Wildman–Crippen MR) is 66.6 cm³/mol. The summed E-state index contributed by atoms with van der Waals surface area (Å²) in [6.07, 6.45) is 2.95. The fourth-order valence-corrected chi connectivity index (χ4v) is 2.30. The first kappa shape index (κ1) is 11.5. The van der Waals surface area contributed by atoms with Crippen molar-refractivity contribution in [1.29, 1.82) is 0 Å². The van der Waals surface area contributed by atoms with E-state index in [1.165, 1.54) is 12.8 Å². The number of methoxy groups -OCH3 is 1. The lowest BCUT2D eigenvalue weighted by atomic mass is 10.1. The van der Waals surface area contributed by atoms with Crippen molar-refractivity contribution in [2.24, 2.45) is 0 Å². The number of fused-ring (bicyclic) bond motifs is 1. The zero-order valence-electron chi connectivity index (χ0n) is 10.2. The molecule has 5 nitrogen and oxygen atoms in total. The Morgan fingerprint density at radius 3 is 2.89 bits per heavy atom. The molecule has 0 radical (unpaired) electrons. The van der Waals surface area contributed by atoms with E-state index in [-0.39, 0.29) is 6.42 Å². The smallest absolute Gasteiger partial charge is 0.217 e. The third-order valence-corrected chi connectivity index (χ3v) is 3.33. The van der Waals surface area contributed by atoms with E-state index in [4.69, 9.17) is 14.9 Å². The summed E-state index contributed by atoms with van der Waals surface area (Å²) in [5.74, 6) is 1.21. The summed E-state index contributed by atoms with van der Waals surface area (Å²) in [5, 5.41) is 18.1. The lowest BCUT2D eigenvalue weighted by molar-refractivity contribution is -0.0379. The highest BCUT2D eigenvalue weighted by Gasteiger charge is 2.28. The molecule has 96 valence electrons. The number of rotatable bonds is 4. The number of H-pyrrole nitrogens is 1. The molecule has 1 aliphatic carbocycles. The fraction of sp³-hybridized carbons (Fsp3) is 0.462. The Morgan fingerprint density at radius 2 is 2.28 bits per heavy atom. The maximum Gasteiger partial charge on any atom is 0.217 e. The number of hydrogen-bond donors (Lipinski definition) is 3. The van der Waals surface area contributed by atoms with Gasteiger partial charge in [0.2, 0.25) is 5.88 Å². The number of aromatic amines is 1. The van der Waals surface area contributed by atoms with E-state index in [0.717, 1.165) is 22.2 Å². The second-order valence-corrected chi connectivity index (χ2v) is 4.76. The van der Waals surface area contributed by atoms with Gasteiger partial charge in [-0.2, -0.15) is 0 Å². The molecule has 0 atom stereocenters. The summed E-state index contributed by atoms with van der Waals surface area (Å²) in [5.41, 5.74) is 3.61. The number of ether oxygens (including phenoxy) is 1. The van der Waals surface area contributed by atoms with Crippen LogP contribution in [0.2, 0.25) is 0 Å². The molecular formula is C13H16N2O3. The molecule has 5 heteroatoms. The van der Waals surface area contributed by atoms with E-state index >= 15 is 0 Å².